The molecule has 2 aromatic carbocycles. The summed E-state index contributed by atoms with van der Waals surface area (Å²) in [6.45, 7) is 0. The van der Waals surface area contributed by atoms with Gasteiger partial charge >= 0.3 is 5.97 Å². The van der Waals surface area contributed by atoms with Crippen molar-refractivity contribution in [3.05, 3.63) is 63.6 Å². The van der Waals surface area contributed by atoms with Crippen molar-refractivity contribution >= 4 is 29.2 Å². The molecule has 0 bridgehead atoms. The zero-order valence-corrected chi connectivity index (χ0v) is 11.2. The molecule has 0 fully saturated rings. The van der Waals surface area contributed by atoms with Gasteiger partial charge in [0.15, 0.2) is 5.75 Å². The summed E-state index contributed by atoms with van der Waals surface area (Å²) >= 11 is 11.7. The summed E-state index contributed by atoms with van der Waals surface area (Å²) in [6, 6.07) is 11.6. The smallest absolute Gasteiger partial charge is 0.315 e. The lowest BCUT2D eigenvalue weighted by molar-refractivity contribution is -0.137. The van der Waals surface area contributed by atoms with Crippen molar-refractivity contribution in [1.82, 2.24) is 0 Å². The molecule has 2 aromatic rings. The molecule has 1 unspecified atom stereocenters. The molecule has 0 aliphatic heterocycles. The second-order valence-electron chi connectivity index (χ2n) is 4.02. The van der Waals surface area contributed by atoms with E-state index in [1.807, 2.05) is 0 Å². The first-order valence-corrected chi connectivity index (χ1v) is 6.22. The Morgan fingerprint density at radius 1 is 1.00 bits per heavy atom. The van der Waals surface area contributed by atoms with Gasteiger partial charge in [-0.15, -0.1) is 0 Å². The Balaban J connectivity index is 2.55. The first kappa shape index (κ1) is 13.7. The average Bonchev–Trinajstić information content (AvgIpc) is 2.37. The number of aromatic hydroxyl groups is 1. The third-order valence-corrected chi connectivity index (χ3v) is 3.33. The first-order valence-electron chi connectivity index (χ1n) is 5.46. The molecule has 0 aliphatic carbocycles. The van der Waals surface area contributed by atoms with Gasteiger partial charge in [0.2, 0.25) is 0 Å². The van der Waals surface area contributed by atoms with Gasteiger partial charge in [0, 0.05) is 0 Å². The Labute approximate surface area is 120 Å². The highest BCUT2D eigenvalue weighted by molar-refractivity contribution is 6.37. The molecule has 0 radical (unpaired) electrons. The zero-order valence-electron chi connectivity index (χ0n) is 9.68. The summed E-state index contributed by atoms with van der Waals surface area (Å²) in [6.07, 6.45) is 0. The molecule has 0 saturated heterocycles. The minimum absolute atomic E-state index is 0.0321. The van der Waals surface area contributed by atoms with Gasteiger partial charge in [-0.05, 0) is 23.3 Å². The van der Waals surface area contributed by atoms with Crippen molar-refractivity contribution in [2.45, 2.75) is 5.92 Å². The highest BCUT2D eigenvalue weighted by Crippen LogP contribution is 2.36. The predicted octanol–water partition coefficient (Wildman–Crippen LogP) is 3.92. The molecule has 3 nitrogen and oxygen atoms in total. The zero-order chi connectivity index (χ0) is 14.0. The maximum absolute atomic E-state index is 11.5. The molecule has 0 aromatic heterocycles. The SMILES string of the molecule is O=C(O)C(c1ccccc1)c1cc(Cl)c(O)c(Cl)c1. The number of hydrogen-bond acceptors (Lipinski definition) is 2. The number of carboxylic acid groups (broad SMARTS) is 1. The fraction of sp³-hybridized carbons (Fsp3) is 0.0714. The van der Waals surface area contributed by atoms with E-state index in [9.17, 15) is 15.0 Å². The normalized spacial score (nSPS) is 12.1. The maximum Gasteiger partial charge on any atom is 0.315 e. The molecule has 0 saturated carbocycles. The van der Waals surface area contributed by atoms with E-state index in [0.717, 1.165) is 0 Å². The van der Waals surface area contributed by atoms with Crippen LogP contribution < -0.4 is 0 Å². The molecule has 2 N–H and O–H groups in total. The molecular formula is C14H10Cl2O3. The van der Waals surface area contributed by atoms with Gasteiger partial charge in [-0.2, -0.15) is 0 Å². The van der Waals surface area contributed by atoms with E-state index < -0.39 is 11.9 Å². The largest absolute Gasteiger partial charge is 0.505 e. The number of halogens is 2. The Bertz CT molecular complexity index is 588. The lowest BCUT2D eigenvalue weighted by Gasteiger charge is -2.14. The van der Waals surface area contributed by atoms with Crippen molar-refractivity contribution in [3.8, 4) is 5.75 Å². The third-order valence-electron chi connectivity index (χ3n) is 2.75. The van der Waals surface area contributed by atoms with Crippen LogP contribution in [0.1, 0.15) is 17.0 Å². The number of rotatable bonds is 3. The molecule has 5 heteroatoms. The van der Waals surface area contributed by atoms with Crippen LogP contribution in [0.15, 0.2) is 42.5 Å². The molecule has 19 heavy (non-hydrogen) atoms. The van der Waals surface area contributed by atoms with Crippen molar-refractivity contribution < 1.29 is 15.0 Å². The molecule has 0 amide bonds. The average molecular weight is 297 g/mol. The van der Waals surface area contributed by atoms with Crippen LogP contribution in [-0.2, 0) is 4.79 Å². The number of phenolic OH excluding ortho intramolecular Hbond substituents is 1. The Hall–Kier alpha value is -1.71. The van der Waals surface area contributed by atoms with Gasteiger partial charge in [-0.25, -0.2) is 0 Å². The van der Waals surface area contributed by atoms with Gasteiger partial charge in [0.25, 0.3) is 0 Å². The Morgan fingerprint density at radius 3 is 2.00 bits per heavy atom. The lowest BCUT2D eigenvalue weighted by atomic mass is 9.91. The number of carbonyl (C=O) groups is 1. The number of hydrogen-bond donors (Lipinski definition) is 2. The van der Waals surface area contributed by atoms with E-state index in [1.54, 1.807) is 30.3 Å². The fourth-order valence-corrected chi connectivity index (χ4v) is 2.38. The van der Waals surface area contributed by atoms with Gasteiger partial charge in [-0.3, -0.25) is 4.79 Å². The molecule has 98 valence electrons. The highest BCUT2D eigenvalue weighted by Gasteiger charge is 2.23. The van der Waals surface area contributed by atoms with Crippen LogP contribution in [0.25, 0.3) is 0 Å². The summed E-state index contributed by atoms with van der Waals surface area (Å²) in [7, 11) is 0. The maximum atomic E-state index is 11.5. The number of phenols is 1. The fourth-order valence-electron chi connectivity index (χ4n) is 1.87. The van der Waals surface area contributed by atoms with Gasteiger partial charge in [0.05, 0.1) is 10.0 Å². The lowest BCUT2D eigenvalue weighted by Crippen LogP contribution is -2.13. The third kappa shape index (κ3) is 2.83. The van der Waals surface area contributed by atoms with E-state index in [0.29, 0.717) is 11.1 Å². The number of aliphatic carboxylic acids is 1. The topological polar surface area (TPSA) is 57.5 Å². The molecule has 2 rings (SSSR count). The molecule has 0 spiro atoms. The molecule has 1 atom stereocenters. The summed E-state index contributed by atoms with van der Waals surface area (Å²) in [5.74, 6) is -2.13. The van der Waals surface area contributed by atoms with Crippen LogP contribution in [0.2, 0.25) is 10.0 Å². The van der Waals surface area contributed by atoms with Gasteiger partial charge in [-0.1, -0.05) is 53.5 Å². The Kier molecular flexibility index (Phi) is 3.98. The number of carboxylic acids is 1. The minimum atomic E-state index is -1.01. The standard InChI is InChI=1S/C14H10Cl2O3/c15-10-6-9(7-11(16)13(10)17)12(14(18)19)8-4-2-1-3-5-8/h1-7,12,17H,(H,18,19). The molecule has 0 aliphatic rings. The van der Waals surface area contributed by atoms with Crippen molar-refractivity contribution in [2.24, 2.45) is 0 Å². The van der Waals surface area contributed by atoms with Crippen molar-refractivity contribution in [2.75, 3.05) is 0 Å². The van der Waals surface area contributed by atoms with E-state index in [1.165, 1.54) is 12.1 Å². The van der Waals surface area contributed by atoms with E-state index >= 15 is 0 Å². The summed E-state index contributed by atoms with van der Waals surface area (Å²) in [5.41, 5.74) is 1.04. The van der Waals surface area contributed by atoms with Crippen LogP contribution in [0.5, 0.6) is 5.75 Å². The summed E-state index contributed by atoms with van der Waals surface area (Å²) in [4.78, 5) is 11.5. The first-order chi connectivity index (χ1) is 9.00. The van der Waals surface area contributed by atoms with Gasteiger partial charge < -0.3 is 10.2 Å². The summed E-state index contributed by atoms with van der Waals surface area (Å²) in [5, 5.41) is 19.0. The van der Waals surface area contributed by atoms with Crippen LogP contribution in [0.4, 0.5) is 0 Å². The van der Waals surface area contributed by atoms with Crippen LogP contribution in [0, 0.1) is 0 Å². The predicted molar refractivity (Wildman–Crippen MR) is 74.0 cm³/mol. The monoisotopic (exact) mass is 296 g/mol. The van der Waals surface area contributed by atoms with Crippen molar-refractivity contribution in [1.29, 1.82) is 0 Å². The van der Waals surface area contributed by atoms with E-state index in [4.69, 9.17) is 23.2 Å². The van der Waals surface area contributed by atoms with Gasteiger partial charge in [0.1, 0.15) is 5.92 Å². The second-order valence-corrected chi connectivity index (χ2v) is 4.83. The highest BCUT2D eigenvalue weighted by atomic mass is 35.5. The van der Waals surface area contributed by atoms with Crippen LogP contribution in [-0.4, -0.2) is 16.2 Å². The summed E-state index contributed by atoms with van der Waals surface area (Å²) < 4.78 is 0. The van der Waals surface area contributed by atoms with Crippen LogP contribution in [0.3, 0.4) is 0 Å². The Morgan fingerprint density at radius 2 is 1.53 bits per heavy atom. The number of benzene rings is 2. The van der Waals surface area contributed by atoms with E-state index in [-0.39, 0.29) is 15.8 Å². The minimum Gasteiger partial charge on any atom is -0.505 e. The molecular weight excluding hydrogens is 287 g/mol. The van der Waals surface area contributed by atoms with E-state index in [2.05, 4.69) is 0 Å². The molecule has 0 heterocycles. The second kappa shape index (κ2) is 5.51. The quantitative estimate of drug-likeness (QED) is 0.903. The van der Waals surface area contributed by atoms with Crippen LogP contribution >= 0.6 is 23.2 Å². The van der Waals surface area contributed by atoms with Crippen molar-refractivity contribution in [3.63, 3.8) is 0 Å².